The van der Waals surface area contributed by atoms with Crippen LogP contribution in [0.15, 0.2) is 27.5 Å². The lowest BCUT2D eigenvalue weighted by atomic mass is 9.91. The number of halogens is 1. The van der Waals surface area contributed by atoms with Crippen molar-refractivity contribution in [2.24, 2.45) is 0 Å². The largest absolute Gasteiger partial charge is 0.481 e. The predicted molar refractivity (Wildman–Crippen MR) is 134 cm³/mol. The van der Waals surface area contributed by atoms with Crippen LogP contribution in [0.1, 0.15) is 73.3 Å². The summed E-state index contributed by atoms with van der Waals surface area (Å²) in [6.45, 7) is 4.75. The number of esters is 1. The topological polar surface area (TPSA) is 128 Å². The van der Waals surface area contributed by atoms with Gasteiger partial charge in [-0.3, -0.25) is 19.0 Å². The van der Waals surface area contributed by atoms with Crippen LogP contribution in [0.2, 0.25) is 0 Å². The van der Waals surface area contributed by atoms with Gasteiger partial charge in [-0.2, -0.15) is 0 Å². The van der Waals surface area contributed by atoms with Gasteiger partial charge in [-0.15, -0.1) is 0 Å². The van der Waals surface area contributed by atoms with E-state index in [0.717, 1.165) is 43.6 Å². The molecular formula is C27H31FN4O6. The van der Waals surface area contributed by atoms with Gasteiger partial charge in [0.25, 0.3) is 5.56 Å². The highest BCUT2D eigenvalue weighted by Gasteiger charge is 2.29. The Morgan fingerprint density at radius 3 is 2.74 bits per heavy atom. The van der Waals surface area contributed by atoms with Gasteiger partial charge in [0.1, 0.15) is 5.82 Å². The minimum atomic E-state index is -1.06. The number of aryl methyl sites for hydroxylation is 1. The highest BCUT2D eigenvalue weighted by atomic mass is 19.1. The molecule has 1 atom stereocenters. The minimum absolute atomic E-state index is 0.102. The third-order valence-corrected chi connectivity index (χ3v) is 7.57. The third-order valence-electron chi connectivity index (χ3n) is 7.57. The lowest BCUT2D eigenvalue weighted by Crippen LogP contribution is -2.38. The smallest absolute Gasteiger partial charge is 0.307 e. The SMILES string of the molecule is Cc1nc2n(c(=O)c1CCN1CCC(c3noc4cc(F)ccc34)CC1)CCCC2OC(=O)CCC(=O)O. The van der Waals surface area contributed by atoms with Crippen LogP contribution in [0.5, 0.6) is 0 Å². The number of nitrogens with zero attached hydrogens (tertiary/aromatic N) is 4. The van der Waals surface area contributed by atoms with Crippen molar-refractivity contribution in [3.8, 4) is 0 Å². The van der Waals surface area contributed by atoms with Crippen molar-refractivity contribution >= 4 is 22.9 Å². The molecule has 1 unspecified atom stereocenters. The Hall–Kier alpha value is -3.60. The molecule has 0 saturated carbocycles. The molecule has 3 aromatic rings. The van der Waals surface area contributed by atoms with Crippen LogP contribution in [-0.2, 0) is 27.3 Å². The van der Waals surface area contributed by atoms with E-state index in [1.165, 1.54) is 12.1 Å². The molecule has 4 heterocycles. The van der Waals surface area contributed by atoms with Gasteiger partial charge in [0.2, 0.25) is 0 Å². The Morgan fingerprint density at radius 2 is 1.97 bits per heavy atom. The van der Waals surface area contributed by atoms with E-state index >= 15 is 0 Å². The van der Waals surface area contributed by atoms with E-state index in [2.05, 4.69) is 15.0 Å². The van der Waals surface area contributed by atoms with Crippen LogP contribution < -0.4 is 5.56 Å². The number of likely N-dealkylation sites (tertiary alicyclic amines) is 1. The first-order valence-corrected chi connectivity index (χ1v) is 13.1. The number of rotatable bonds is 8. The molecule has 202 valence electrons. The Morgan fingerprint density at radius 1 is 1.18 bits per heavy atom. The number of ether oxygens (including phenoxy) is 1. The highest BCUT2D eigenvalue weighted by molar-refractivity contribution is 5.80. The summed E-state index contributed by atoms with van der Waals surface area (Å²) < 4.78 is 25.9. The summed E-state index contributed by atoms with van der Waals surface area (Å²) in [6, 6.07) is 4.52. The fourth-order valence-electron chi connectivity index (χ4n) is 5.50. The van der Waals surface area contributed by atoms with E-state index in [9.17, 15) is 18.8 Å². The zero-order valence-electron chi connectivity index (χ0n) is 21.3. The Bertz CT molecular complexity index is 1410. The summed E-state index contributed by atoms with van der Waals surface area (Å²) in [7, 11) is 0. The quantitative estimate of drug-likeness (QED) is 0.439. The molecule has 1 aromatic carbocycles. The number of hydrogen-bond donors (Lipinski definition) is 1. The molecule has 1 fully saturated rings. The zero-order valence-corrected chi connectivity index (χ0v) is 21.3. The van der Waals surface area contributed by atoms with Crippen molar-refractivity contribution in [3.63, 3.8) is 0 Å². The summed E-state index contributed by atoms with van der Waals surface area (Å²) >= 11 is 0. The molecule has 11 heteroatoms. The van der Waals surface area contributed by atoms with Crippen LogP contribution in [0.3, 0.4) is 0 Å². The average Bonchev–Trinajstić information content (AvgIpc) is 3.31. The highest BCUT2D eigenvalue weighted by Crippen LogP contribution is 2.33. The molecule has 2 aliphatic rings. The fourth-order valence-corrected chi connectivity index (χ4v) is 5.50. The number of carboxylic acids is 1. The van der Waals surface area contributed by atoms with Crippen molar-refractivity contribution in [3.05, 3.63) is 57.1 Å². The molecule has 5 rings (SSSR count). The lowest BCUT2D eigenvalue weighted by molar-refractivity contribution is -0.153. The van der Waals surface area contributed by atoms with E-state index in [4.69, 9.17) is 14.4 Å². The first kappa shape index (κ1) is 26.0. The first-order chi connectivity index (χ1) is 18.3. The normalized spacial score (nSPS) is 18.4. The summed E-state index contributed by atoms with van der Waals surface area (Å²) in [5.41, 5.74) is 2.54. The number of benzene rings is 1. The molecule has 2 aliphatic heterocycles. The number of carboxylic acid groups (broad SMARTS) is 1. The molecule has 0 amide bonds. The molecule has 1 saturated heterocycles. The van der Waals surface area contributed by atoms with E-state index in [-0.39, 0.29) is 30.1 Å². The third kappa shape index (κ3) is 5.47. The minimum Gasteiger partial charge on any atom is -0.481 e. The van der Waals surface area contributed by atoms with Gasteiger partial charge in [0.15, 0.2) is 17.5 Å². The van der Waals surface area contributed by atoms with Gasteiger partial charge in [0, 0.05) is 41.7 Å². The first-order valence-electron chi connectivity index (χ1n) is 13.1. The number of carbonyl (C=O) groups is 2. The number of fused-ring (bicyclic) bond motifs is 2. The van der Waals surface area contributed by atoms with Crippen LogP contribution >= 0.6 is 0 Å². The van der Waals surface area contributed by atoms with E-state index in [0.29, 0.717) is 48.5 Å². The van der Waals surface area contributed by atoms with E-state index in [1.807, 2.05) is 0 Å². The van der Waals surface area contributed by atoms with Gasteiger partial charge in [-0.05, 0) is 64.3 Å². The maximum atomic E-state index is 13.5. The van der Waals surface area contributed by atoms with Gasteiger partial charge < -0.3 is 19.3 Å². The van der Waals surface area contributed by atoms with Crippen LogP contribution in [0.25, 0.3) is 11.0 Å². The van der Waals surface area contributed by atoms with Crippen LogP contribution in [-0.4, -0.2) is 56.3 Å². The number of hydrogen-bond acceptors (Lipinski definition) is 8. The lowest BCUT2D eigenvalue weighted by Gasteiger charge is -2.31. The fraction of sp³-hybridized carbons (Fsp3) is 0.519. The second kappa shape index (κ2) is 11.0. The van der Waals surface area contributed by atoms with Crippen molar-refractivity contribution in [1.29, 1.82) is 0 Å². The van der Waals surface area contributed by atoms with Crippen LogP contribution in [0, 0.1) is 12.7 Å². The number of piperidine rings is 1. The Kier molecular flexibility index (Phi) is 7.55. The van der Waals surface area contributed by atoms with Crippen molar-refractivity contribution in [2.45, 2.75) is 70.4 Å². The predicted octanol–water partition coefficient (Wildman–Crippen LogP) is 3.50. The second-order valence-corrected chi connectivity index (χ2v) is 10.1. The molecule has 0 radical (unpaired) electrons. The standard InChI is InChI=1S/C27H31FN4O6/c1-16-19(27(36)32-11-2-3-21(26(32)29-16)37-24(35)7-6-23(33)34)10-14-31-12-8-17(9-13-31)25-20-5-4-18(28)15-22(20)38-30-25/h4-5,15,17,21H,2-3,6-14H2,1H3,(H,33,34). The van der Waals surface area contributed by atoms with Gasteiger partial charge in [-0.25, -0.2) is 9.37 Å². The second-order valence-electron chi connectivity index (χ2n) is 10.1. The average molecular weight is 527 g/mol. The van der Waals surface area contributed by atoms with Crippen molar-refractivity contribution in [1.82, 2.24) is 19.6 Å². The van der Waals surface area contributed by atoms with Crippen LogP contribution in [0.4, 0.5) is 4.39 Å². The molecule has 38 heavy (non-hydrogen) atoms. The van der Waals surface area contributed by atoms with Gasteiger partial charge in [-0.1, -0.05) is 5.16 Å². The summed E-state index contributed by atoms with van der Waals surface area (Å²) in [6.07, 6.45) is 2.43. The summed E-state index contributed by atoms with van der Waals surface area (Å²) in [5, 5.41) is 13.9. The van der Waals surface area contributed by atoms with Gasteiger partial charge >= 0.3 is 11.9 Å². The molecule has 0 bridgehead atoms. The molecule has 1 N–H and O–H groups in total. The molecular weight excluding hydrogens is 495 g/mol. The maximum Gasteiger partial charge on any atom is 0.307 e. The summed E-state index contributed by atoms with van der Waals surface area (Å²) in [4.78, 5) is 43.2. The molecule has 0 aliphatic carbocycles. The van der Waals surface area contributed by atoms with Gasteiger partial charge in [0.05, 0.1) is 18.5 Å². The number of carbonyl (C=O) groups excluding carboxylic acids is 1. The van der Waals surface area contributed by atoms with Crippen molar-refractivity contribution < 1.29 is 28.3 Å². The maximum absolute atomic E-state index is 13.5. The summed E-state index contributed by atoms with van der Waals surface area (Å²) in [5.74, 6) is -1.33. The molecule has 10 nitrogen and oxygen atoms in total. The molecule has 2 aromatic heterocycles. The monoisotopic (exact) mass is 526 g/mol. The Balaban J connectivity index is 1.21. The Labute approximate surface area is 218 Å². The number of aromatic nitrogens is 3. The number of aliphatic carboxylic acids is 1. The zero-order chi connectivity index (χ0) is 26.8. The van der Waals surface area contributed by atoms with Crippen molar-refractivity contribution in [2.75, 3.05) is 19.6 Å². The van der Waals surface area contributed by atoms with E-state index in [1.54, 1.807) is 17.6 Å². The molecule has 0 spiro atoms. The van der Waals surface area contributed by atoms with E-state index < -0.39 is 18.0 Å².